The van der Waals surface area contributed by atoms with Crippen LogP contribution in [0.3, 0.4) is 0 Å². The van der Waals surface area contributed by atoms with Gasteiger partial charge in [-0.3, -0.25) is 4.98 Å². The molecule has 0 N–H and O–H groups in total. The molecule has 0 unspecified atom stereocenters. The minimum atomic E-state index is 0.765. The zero-order valence-corrected chi connectivity index (χ0v) is 8.99. The van der Waals surface area contributed by atoms with E-state index in [1.807, 2.05) is 43.7 Å². The summed E-state index contributed by atoms with van der Waals surface area (Å²) < 4.78 is 2.14. The van der Waals surface area contributed by atoms with Gasteiger partial charge in [0.2, 0.25) is 0 Å². The molecular formula is C12H9ClN2. The molecule has 0 atom stereocenters. The van der Waals surface area contributed by atoms with Gasteiger partial charge in [0, 0.05) is 35.2 Å². The summed E-state index contributed by atoms with van der Waals surface area (Å²) in [6.07, 6.45) is 3.70. The molecule has 3 heteroatoms. The number of hydrogen-bond donors (Lipinski definition) is 0. The normalized spacial score (nSPS) is 11.3. The second kappa shape index (κ2) is 2.97. The van der Waals surface area contributed by atoms with Gasteiger partial charge in [-0.2, -0.15) is 0 Å². The van der Waals surface area contributed by atoms with E-state index in [-0.39, 0.29) is 0 Å². The zero-order chi connectivity index (χ0) is 10.4. The van der Waals surface area contributed by atoms with E-state index in [0.29, 0.717) is 0 Å². The topological polar surface area (TPSA) is 17.8 Å². The Labute approximate surface area is 92.1 Å². The summed E-state index contributed by atoms with van der Waals surface area (Å²) >= 11 is 5.99. The maximum absolute atomic E-state index is 5.99. The van der Waals surface area contributed by atoms with Crippen LogP contribution in [0.1, 0.15) is 0 Å². The van der Waals surface area contributed by atoms with Crippen LogP contribution in [0.15, 0.2) is 36.7 Å². The number of nitrogens with zero attached hydrogens (tertiary/aromatic N) is 2. The molecule has 2 heterocycles. The lowest BCUT2D eigenvalue weighted by atomic mass is 10.2. The van der Waals surface area contributed by atoms with E-state index in [4.69, 9.17) is 11.6 Å². The maximum atomic E-state index is 5.99. The van der Waals surface area contributed by atoms with Crippen molar-refractivity contribution in [2.75, 3.05) is 0 Å². The number of aryl methyl sites for hydroxylation is 1. The first kappa shape index (κ1) is 8.74. The van der Waals surface area contributed by atoms with Gasteiger partial charge in [-0.25, -0.2) is 0 Å². The van der Waals surface area contributed by atoms with Gasteiger partial charge in [-0.1, -0.05) is 17.7 Å². The van der Waals surface area contributed by atoms with Gasteiger partial charge < -0.3 is 4.57 Å². The van der Waals surface area contributed by atoms with Crippen LogP contribution in [-0.2, 0) is 7.05 Å². The summed E-state index contributed by atoms with van der Waals surface area (Å²) in [5.74, 6) is 0. The third kappa shape index (κ3) is 1.15. The molecule has 0 aliphatic heterocycles. The highest BCUT2D eigenvalue weighted by molar-refractivity contribution is 6.31. The van der Waals surface area contributed by atoms with E-state index >= 15 is 0 Å². The van der Waals surface area contributed by atoms with Crippen molar-refractivity contribution in [2.45, 2.75) is 0 Å². The summed E-state index contributed by atoms with van der Waals surface area (Å²) in [7, 11) is 2.04. The first-order valence-corrected chi connectivity index (χ1v) is 5.13. The predicted octanol–water partition coefficient (Wildman–Crippen LogP) is 3.38. The SMILES string of the molecule is Cn1c2ccncc2c2ccc(Cl)cc21. The van der Waals surface area contributed by atoms with Crippen molar-refractivity contribution in [1.29, 1.82) is 0 Å². The Morgan fingerprint density at radius 2 is 2.00 bits per heavy atom. The predicted molar refractivity (Wildman–Crippen MR) is 63.2 cm³/mol. The maximum Gasteiger partial charge on any atom is 0.0519 e. The molecular weight excluding hydrogens is 208 g/mol. The Bertz CT molecular complexity index is 655. The van der Waals surface area contributed by atoms with Crippen molar-refractivity contribution >= 4 is 33.4 Å². The summed E-state index contributed by atoms with van der Waals surface area (Å²) in [5, 5.41) is 3.14. The van der Waals surface area contributed by atoms with Crippen molar-refractivity contribution in [3.8, 4) is 0 Å². The Hall–Kier alpha value is -1.54. The first-order valence-electron chi connectivity index (χ1n) is 4.75. The van der Waals surface area contributed by atoms with Crippen LogP contribution in [0.4, 0.5) is 0 Å². The summed E-state index contributed by atoms with van der Waals surface area (Å²) in [5.41, 5.74) is 2.33. The Morgan fingerprint density at radius 1 is 1.13 bits per heavy atom. The highest BCUT2D eigenvalue weighted by Gasteiger charge is 2.07. The highest BCUT2D eigenvalue weighted by Crippen LogP contribution is 2.28. The smallest absolute Gasteiger partial charge is 0.0519 e. The van der Waals surface area contributed by atoms with Gasteiger partial charge in [-0.15, -0.1) is 0 Å². The molecule has 0 spiro atoms. The summed E-state index contributed by atoms with van der Waals surface area (Å²) in [6, 6.07) is 7.96. The van der Waals surface area contributed by atoms with Crippen LogP contribution in [0.25, 0.3) is 21.8 Å². The van der Waals surface area contributed by atoms with Gasteiger partial charge in [0.25, 0.3) is 0 Å². The molecule has 3 aromatic rings. The number of rotatable bonds is 0. The van der Waals surface area contributed by atoms with Crippen molar-refractivity contribution in [3.05, 3.63) is 41.7 Å². The lowest BCUT2D eigenvalue weighted by Crippen LogP contribution is -1.85. The standard InChI is InChI=1S/C12H9ClN2/c1-15-11-4-5-14-7-10(11)9-3-2-8(13)6-12(9)15/h2-7H,1H3. The molecule has 0 radical (unpaired) electrons. The number of hydrogen-bond acceptors (Lipinski definition) is 1. The third-order valence-electron chi connectivity index (χ3n) is 2.77. The average molecular weight is 217 g/mol. The lowest BCUT2D eigenvalue weighted by molar-refractivity contribution is 1.01. The molecule has 0 aliphatic carbocycles. The minimum absolute atomic E-state index is 0.765. The van der Waals surface area contributed by atoms with Crippen molar-refractivity contribution < 1.29 is 0 Å². The van der Waals surface area contributed by atoms with E-state index < -0.39 is 0 Å². The zero-order valence-electron chi connectivity index (χ0n) is 8.24. The van der Waals surface area contributed by atoms with Crippen molar-refractivity contribution in [3.63, 3.8) is 0 Å². The lowest BCUT2D eigenvalue weighted by Gasteiger charge is -1.96. The number of halogens is 1. The van der Waals surface area contributed by atoms with Gasteiger partial charge >= 0.3 is 0 Å². The Balaban J connectivity index is 2.63. The fourth-order valence-electron chi connectivity index (χ4n) is 2.03. The molecule has 0 saturated heterocycles. The minimum Gasteiger partial charge on any atom is -0.343 e. The van der Waals surface area contributed by atoms with Crippen molar-refractivity contribution in [1.82, 2.24) is 9.55 Å². The second-order valence-corrected chi connectivity index (χ2v) is 4.05. The number of fused-ring (bicyclic) bond motifs is 3. The third-order valence-corrected chi connectivity index (χ3v) is 3.01. The Morgan fingerprint density at radius 3 is 2.87 bits per heavy atom. The molecule has 0 aliphatic rings. The molecule has 15 heavy (non-hydrogen) atoms. The van der Waals surface area contributed by atoms with Crippen LogP contribution >= 0.6 is 11.6 Å². The molecule has 0 bridgehead atoms. The van der Waals surface area contributed by atoms with E-state index in [1.165, 1.54) is 16.3 Å². The van der Waals surface area contributed by atoms with Gasteiger partial charge in [0.15, 0.2) is 0 Å². The fourth-order valence-corrected chi connectivity index (χ4v) is 2.19. The Kier molecular flexibility index (Phi) is 1.73. The molecule has 0 amide bonds. The van der Waals surface area contributed by atoms with E-state index in [0.717, 1.165) is 10.5 Å². The largest absolute Gasteiger partial charge is 0.343 e. The molecule has 0 saturated carbocycles. The quantitative estimate of drug-likeness (QED) is 0.563. The molecule has 74 valence electrons. The summed E-state index contributed by atoms with van der Waals surface area (Å²) in [4.78, 5) is 4.15. The van der Waals surface area contributed by atoms with Crippen molar-refractivity contribution in [2.24, 2.45) is 7.05 Å². The van der Waals surface area contributed by atoms with Crippen LogP contribution < -0.4 is 0 Å². The van der Waals surface area contributed by atoms with Crippen LogP contribution in [0.5, 0.6) is 0 Å². The number of pyridine rings is 1. The fraction of sp³-hybridized carbons (Fsp3) is 0.0833. The van der Waals surface area contributed by atoms with E-state index in [9.17, 15) is 0 Å². The van der Waals surface area contributed by atoms with Gasteiger partial charge in [0.05, 0.1) is 11.0 Å². The van der Waals surface area contributed by atoms with Crippen LogP contribution in [0, 0.1) is 0 Å². The van der Waals surface area contributed by atoms with E-state index in [1.54, 1.807) is 0 Å². The average Bonchev–Trinajstić information content (AvgIpc) is 2.54. The molecule has 1 aromatic carbocycles. The molecule has 0 fully saturated rings. The van der Waals surface area contributed by atoms with Crippen LogP contribution in [-0.4, -0.2) is 9.55 Å². The van der Waals surface area contributed by atoms with Gasteiger partial charge in [0.1, 0.15) is 0 Å². The second-order valence-electron chi connectivity index (χ2n) is 3.61. The summed E-state index contributed by atoms with van der Waals surface area (Å²) in [6.45, 7) is 0. The highest BCUT2D eigenvalue weighted by atomic mass is 35.5. The monoisotopic (exact) mass is 216 g/mol. The van der Waals surface area contributed by atoms with Crippen LogP contribution in [0.2, 0.25) is 5.02 Å². The first-order chi connectivity index (χ1) is 7.27. The molecule has 3 rings (SSSR count). The van der Waals surface area contributed by atoms with Gasteiger partial charge in [-0.05, 0) is 18.2 Å². The number of aromatic nitrogens is 2. The molecule has 2 aromatic heterocycles. The number of benzene rings is 1. The van der Waals surface area contributed by atoms with E-state index in [2.05, 4.69) is 9.55 Å². The molecule has 2 nitrogen and oxygen atoms in total.